The number of alkyl halides is 2. The Hall–Kier alpha value is -3.42. The van der Waals surface area contributed by atoms with Gasteiger partial charge in [0.25, 0.3) is 12.1 Å². The maximum absolute atomic E-state index is 13.4. The molecule has 1 N–H and O–H groups in total. The molecule has 12 nitrogen and oxygen atoms in total. The van der Waals surface area contributed by atoms with Crippen LogP contribution in [0.1, 0.15) is 24.3 Å². The van der Waals surface area contributed by atoms with Gasteiger partial charge in [-0.2, -0.15) is 5.10 Å². The van der Waals surface area contributed by atoms with Gasteiger partial charge in [0.2, 0.25) is 10.0 Å². The molecule has 0 radical (unpaired) electrons. The number of hydrogen-bond donors (Lipinski definition) is 1. The number of carbonyl (C=O) groups is 1. The van der Waals surface area contributed by atoms with Gasteiger partial charge < -0.3 is 14.7 Å². The summed E-state index contributed by atoms with van der Waals surface area (Å²) in [6.45, 7) is 9.10. The van der Waals surface area contributed by atoms with E-state index in [1.807, 2.05) is 4.90 Å². The van der Waals surface area contributed by atoms with Gasteiger partial charge in [-0.05, 0) is 12.1 Å². The molecule has 1 aliphatic heterocycles. The van der Waals surface area contributed by atoms with Crippen molar-refractivity contribution >= 4 is 44.0 Å². The molecular weight excluding hydrogens is 540 g/mol. The third-order valence-electron chi connectivity index (χ3n) is 6.57. The van der Waals surface area contributed by atoms with Crippen molar-refractivity contribution in [2.45, 2.75) is 29.8 Å². The van der Waals surface area contributed by atoms with Crippen LogP contribution in [0.3, 0.4) is 0 Å². The molecule has 0 bridgehead atoms. The topological polar surface area (TPSA) is 121 Å². The molecule has 2 aromatic heterocycles. The first-order valence-corrected chi connectivity index (χ1v) is 14.0. The lowest BCUT2D eigenvalue weighted by Gasteiger charge is -2.37. The van der Waals surface area contributed by atoms with Gasteiger partial charge in [-0.1, -0.05) is 11.3 Å². The monoisotopic (exact) mass is 565 g/mol. The van der Waals surface area contributed by atoms with Gasteiger partial charge in [-0.3, -0.25) is 9.53 Å². The lowest BCUT2D eigenvalue weighted by Crippen LogP contribution is -2.51. The summed E-state index contributed by atoms with van der Waals surface area (Å²) < 4.78 is 57.3. The van der Waals surface area contributed by atoms with Crippen molar-refractivity contribution in [3.05, 3.63) is 28.6 Å². The molecule has 2 fully saturated rings. The van der Waals surface area contributed by atoms with E-state index in [2.05, 4.69) is 24.9 Å². The third-order valence-corrected chi connectivity index (χ3v) is 9.01. The Balaban J connectivity index is 1.62. The highest BCUT2D eigenvalue weighted by Gasteiger charge is 2.54. The molecule has 38 heavy (non-hydrogen) atoms. The van der Waals surface area contributed by atoms with Gasteiger partial charge >= 0.3 is 6.03 Å². The Morgan fingerprint density at radius 2 is 1.89 bits per heavy atom. The third kappa shape index (κ3) is 4.65. The number of nitrogens with zero attached hydrogens (tertiary/aromatic N) is 8. The molecule has 1 saturated heterocycles. The number of halogens is 2. The van der Waals surface area contributed by atoms with Gasteiger partial charge in [-0.15, -0.1) is 14.9 Å². The van der Waals surface area contributed by atoms with Gasteiger partial charge in [0, 0.05) is 52.7 Å². The molecule has 2 aliphatic rings. The lowest BCUT2D eigenvalue weighted by molar-refractivity contribution is 0.150. The number of carbonyl (C=O) groups excluding carboxylic acids is 1. The number of fused-ring (bicyclic) bond motifs is 1. The summed E-state index contributed by atoms with van der Waals surface area (Å²) in [4.78, 5) is 21.0. The van der Waals surface area contributed by atoms with E-state index in [0.717, 1.165) is 0 Å². The number of hydrogen-bond acceptors (Lipinski definition) is 8. The van der Waals surface area contributed by atoms with Crippen LogP contribution in [-0.4, -0.2) is 90.2 Å². The Bertz CT molecular complexity index is 1550. The minimum Gasteiger partial charge on any atom is -0.366 e. The summed E-state index contributed by atoms with van der Waals surface area (Å²) in [5.74, 6) is 0. The van der Waals surface area contributed by atoms with E-state index >= 15 is 0 Å². The minimum atomic E-state index is -4.10. The van der Waals surface area contributed by atoms with Crippen molar-refractivity contribution in [1.82, 2.24) is 34.5 Å². The highest BCUT2D eigenvalue weighted by atomic mass is 32.2. The number of amides is 2. The molecule has 3 aromatic rings. The van der Waals surface area contributed by atoms with E-state index in [1.54, 1.807) is 30.7 Å². The van der Waals surface area contributed by atoms with Crippen LogP contribution < -0.4 is 9.62 Å². The van der Waals surface area contributed by atoms with E-state index in [1.165, 1.54) is 17.0 Å². The Morgan fingerprint density at radius 3 is 2.45 bits per heavy atom. The van der Waals surface area contributed by atoms with Crippen molar-refractivity contribution in [2.24, 2.45) is 7.05 Å². The number of aryl methyl sites for hydroxylation is 1. The first kappa shape index (κ1) is 26.2. The molecule has 202 valence electrons. The summed E-state index contributed by atoms with van der Waals surface area (Å²) in [6.07, 6.45) is -1.95. The summed E-state index contributed by atoms with van der Waals surface area (Å²) in [7, 11) is 0.937. The van der Waals surface area contributed by atoms with Crippen LogP contribution in [0.15, 0.2) is 17.0 Å². The second-order valence-corrected chi connectivity index (χ2v) is 12.1. The maximum Gasteiger partial charge on any atom is 0.319 e. The number of piperazine rings is 1. The van der Waals surface area contributed by atoms with E-state index in [4.69, 9.17) is 6.57 Å². The molecule has 1 saturated carbocycles. The standard InChI is InChI=1S/C22H25F2N9O3S2/c1-25-22(5-6-22)29-38(35,36)13-11-14-16(19-26-27-20(37-19)18(23)24)28-31(4)17(14)15(12-13)32-7-9-33(10-8-32)21(34)30(2)3/h11-12,18,29H,5-10H2,2-4H3. The number of urea groups is 1. The fourth-order valence-corrected chi connectivity index (χ4v) is 6.53. The van der Waals surface area contributed by atoms with Gasteiger partial charge in [-0.25, -0.2) is 28.6 Å². The van der Waals surface area contributed by atoms with Crippen LogP contribution in [0.2, 0.25) is 0 Å². The van der Waals surface area contributed by atoms with Crippen LogP contribution >= 0.6 is 11.3 Å². The number of aromatic nitrogens is 4. The summed E-state index contributed by atoms with van der Waals surface area (Å²) in [6, 6.07) is 2.85. The van der Waals surface area contributed by atoms with E-state index in [0.29, 0.717) is 66.9 Å². The predicted octanol–water partition coefficient (Wildman–Crippen LogP) is 2.52. The van der Waals surface area contributed by atoms with Crippen LogP contribution in [-0.2, 0) is 17.1 Å². The summed E-state index contributed by atoms with van der Waals surface area (Å²) in [5.41, 5.74) is 0.242. The normalized spacial score (nSPS) is 17.2. The Labute approximate surface area is 221 Å². The number of rotatable bonds is 6. The number of nitrogens with one attached hydrogen (secondary N) is 1. The molecule has 16 heteroatoms. The largest absolute Gasteiger partial charge is 0.366 e. The SMILES string of the molecule is [C-]#[N+]C1(NS(=O)(=O)c2cc(N3CCN(C(=O)N(C)C)CC3)c3c(c2)c(-c2nnc(C(F)F)s2)nn3C)CC1. The molecule has 0 spiro atoms. The molecule has 3 heterocycles. The van der Waals surface area contributed by atoms with Crippen LogP contribution in [0, 0.1) is 6.57 Å². The maximum atomic E-state index is 13.4. The second-order valence-electron chi connectivity index (χ2n) is 9.46. The smallest absolute Gasteiger partial charge is 0.319 e. The van der Waals surface area contributed by atoms with E-state index < -0.39 is 27.1 Å². The predicted molar refractivity (Wildman–Crippen MR) is 136 cm³/mol. The summed E-state index contributed by atoms with van der Waals surface area (Å²) >= 11 is 0.692. The number of sulfonamides is 1. The minimum absolute atomic E-state index is 0.0745. The van der Waals surface area contributed by atoms with Gasteiger partial charge in [0.05, 0.1) is 28.9 Å². The summed E-state index contributed by atoms with van der Waals surface area (Å²) in [5, 5.41) is 12.0. The van der Waals surface area contributed by atoms with Gasteiger partial charge in [0.15, 0.2) is 10.0 Å². The molecule has 0 atom stereocenters. The molecular formula is C22H25F2N9O3S2. The molecule has 1 aliphatic carbocycles. The molecule has 2 amide bonds. The zero-order chi connectivity index (χ0) is 27.4. The van der Waals surface area contributed by atoms with Crippen LogP contribution in [0.4, 0.5) is 19.3 Å². The quantitative estimate of drug-likeness (QED) is 0.456. The fourth-order valence-electron chi connectivity index (χ4n) is 4.43. The van der Waals surface area contributed by atoms with Gasteiger partial charge in [0.1, 0.15) is 5.69 Å². The molecule has 1 aromatic carbocycles. The average molecular weight is 566 g/mol. The highest BCUT2D eigenvalue weighted by Crippen LogP contribution is 2.41. The van der Waals surface area contributed by atoms with E-state index in [-0.39, 0.29) is 21.6 Å². The van der Waals surface area contributed by atoms with Crippen molar-refractivity contribution in [3.63, 3.8) is 0 Å². The number of anilines is 1. The van der Waals surface area contributed by atoms with Crippen molar-refractivity contribution in [3.8, 4) is 10.7 Å². The van der Waals surface area contributed by atoms with Crippen molar-refractivity contribution < 1.29 is 22.0 Å². The Morgan fingerprint density at radius 1 is 1.21 bits per heavy atom. The number of benzene rings is 1. The molecule has 0 unspecified atom stereocenters. The van der Waals surface area contributed by atoms with Crippen molar-refractivity contribution in [2.75, 3.05) is 45.2 Å². The Kier molecular flexibility index (Phi) is 6.48. The first-order chi connectivity index (χ1) is 17.9. The second kappa shape index (κ2) is 9.40. The van der Waals surface area contributed by atoms with Crippen molar-refractivity contribution in [1.29, 1.82) is 0 Å². The zero-order valence-electron chi connectivity index (χ0n) is 20.8. The highest BCUT2D eigenvalue weighted by molar-refractivity contribution is 7.89. The lowest BCUT2D eigenvalue weighted by atomic mass is 10.1. The zero-order valence-corrected chi connectivity index (χ0v) is 22.5. The molecule has 5 rings (SSSR count). The average Bonchev–Trinajstić information content (AvgIpc) is 3.31. The first-order valence-electron chi connectivity index (χ1n) is 11.7. The fraction of sp³-hybridized carbons (Fsp3) is 0.500. The van der Waals surface area contributed by atoms with E-state index in [9.17, 15) is 22.0 Å². The van der Waals surface area contributed by atoms with Crippen LogP contribution in [0.25, 0.3) is 26.4 Å². The van der Waals surface area contributed by atoms with Crippen LogP contribution in [0.5, 0.6) is 0 Å².